The number of hydrogen-bond donors (Lipinski definition) is 1. The van der Waals surface area contributed by atoms with E-state index in [1.54, 1.807) is 0 Å². The first kappa shape index (κ1) is 12.4. The van der Waals surface area contributed by atoms with E-state index in [0.717, 1.165) is 19.4 Å². The van der Waals surface area contributed by atoms with Gasteiger partial charge < -0.3 is 5.32 Å². The van der Waals surface area contributed by atoms with Crippen molar-refractivity contribution in [3.8, 4) is 0 Å². The summed E-state index contributed by atoms with van der Waals surface area (Å²) in [5.41, 5.74) is 0. The van der Waals surface area contributed by atoms with Crippen LogP contribution in [0.1, 0.15) is 44.9 Å². The Morgan fingerprint density at radius 3 is 2.44 bits per heavy atom. The topological polar surface area (TPSA) is 46.2 Å². The Morgan fingerprint density at radius 1 is 1.06 bits per heavy atom. The molecule has 16 heavy (non-hydrogen) atoms. The fraction of sp³-hybridized carbons (Fsp3) is 1.00. The molecule has 0 aromatic carbocycles. The highest BCUT2D eigenvalue weighted by Crippen LogP contribution is 2.22. The van der Waals surface area contributed by atoms with Gasteiger partial charge in [-0.15, -0.1) is 0 Å². The minimum atomic E-state index is -2.68. The van der Waals surface area contributed by atoms with Gasteiger partial charge >= 0.3 is 0 Å². The molecule has 1 aliphatic heterocycles. The lowest BCUT2D eigenvalue weighted by Crippen LogP contribution is -2.32. The highest BCUT2D eigenvalue weighted by molar-refractivity contribution is 7.91. The zero-order valence-corrected chi connectivity index (χ0v) is 10.8. The molecule has 4 heteroatoms. The summed E-state index contributed by atoms with van der Waals surface area (Å²) in [6.45, 7) is 1.00. The van der Waals surface area contributed by atoms with Gasteiger partial charge in [-0.1, -0.05) is 19.3 Å². The second-order valence-corrected chi connectivity index (χ2v) is 7.58. The van der Waals surface area contributed by atoms with Crippen LogP contribution in [-0.4, -0.2) is 32.5 Å². The molecule has 2 rings (SSSR count). The van der Waals surface area contributed by atoms with Crippen LogP contribution in [0.4, 0.5) is 0 Å². The van der Waals surface area contributed by atoms with Crippen molar-refractivity contribution >= 4 is 9.84 Å². The summed E-state index contributed by atoms with van der Waals surface area (Å²) in [4.78, 5) is 0. The standard InChI is InChI=1S/C12H23NO2S/c14-16(15)9-7-11(10-16)6-8-13-12-4-2-1-3-5-12/h11-13H,1-10H2. The van der Waals surface area contributed by atoms with Crippen LogP contribution in [0, 0.1) is 5.92 Å². The Labute approximate surface area is 98.9 Å². The summed E-state index contributed by atoms with van der Waals surface area (Å²) in [5, 5.41) is 3.58. The molecule has 1 unspecified atom stereocenters. The fourth-order valence-electron chi connectivity index (χ4n) is 2.90. The van der Waals surface area contributed by atoms with Crippen molar-refractivity contribution in [2.24, 2.45) is 5.92 Å². The van der Waals surface area contributed by atoms with Crippen molar-refractivity contribution in [3.63, 3.8) is 0 Å². The highest BCUT2D eigenvalue weighted by atomic mass is 32.2. The Kier molecular flexibility index (Phi) is 4.25. The summed E-state index contributed by atoms with van der Waals surface area (Å²) in [6.07, 6.45) is 8.64. The van der Waals surface area contributed by atoms with Gasteiger partial charge in [0.2, 0.25) is 0 Å². The maximum absolute atomic E-state index is 11.3. The number of nitrogens with one attached hydrogen (secondary N) is 1. The summed E-state index contributed by atoms with van der Waals surface area (Å²) < 4.78 is 22.6. The Bertz CT molecular complexity index is 307. The largest absolute Gasteiger partial charge is 0.314 e. The van der Waals surface area contributed by atoms with E-state index in [1.807, 2.05) is 0 Å². The molecule has 0 bridgehead atoms. The average molecular weight is 245 g/mol. The molecule has 1 atom stereocenters. The molecule has 94 valence electrons. The van der Waals surface area contributed by atoms with Gasteiger partial charge in [0, 0.05) is 6.04 Å². The van der Waals surface area contributed by atoms with Crippen molar-refractivity contribution < 1.29 is 8.42 Å². The van der Waals surface area contributed by atoms with E-state index >= 15 is 0 Å². The molecule has 1 saturated carbocycles. The molecule has 2 aliphatic rings. The van der Waals surface area contributed by atoms with Gasteiger partial charge in [-0.05, 0) is 38.1 Å². The van der Waals surface area contributed by atoms with Crippen LogP contribution in [0.25, 0.3) is 0 Å². The first-order valence-corrected chi connectivity index (χ1v) is 8.42. The molecule has 0 spiro atoms. The summed E-state index contributed by atoms with van der Waals surface area (Å²) in [5.74, 6) is 1.27. The van der Waals surface area contributed by atoms with Gasteiger partial charge in [-0.3, -0.25) is 0 Å². The Morgan fingerprint density at radius 2 is 1.81 bits per heavy atom. The summed E-state index contributed by atoms with van der Waals surface area (Å²) in [7, 11) is -2.68. The van der Waals surface area contributed by atoms with E-state index in [1.165, 1.54) is 32.1 Å². The first-order chi connectivity index (χ1) is 7.66. The lowest BCUT2D eigenvalue weighted by molar-refractivity contribution is 0.361. The average Bonchev–Trinajstić information content (AvgIpc) is 2.60. The Balaban J connectivity index is 1.61. The maximum Gasteiger partial charge on any atom is 0.150 e. The number of sulfone groups is 1. The molecular formula is C12H23NO2S. The molecule has 1 N–H and O–H groups in total. The van der Waals surface area contributed by atoms with E-state index in [0.29, 0.717) is 23.5 Å². The minimum absolute atomic E-state index is 0.418. The molecule has 0 aromatic heterocycles. The van der Waals surface area contributed by atoms with Gasteiger partial charge in [0.05, 0.1) is 11.5 Å². The maximum atomic E-state index is 11.3. The monoisotopic (exact) mass is 245 g/mol. The van der Waals surface area contributed by atoms with Crippen molar-refractivity contribution in [1.29, 1.82) is 0 Å². The summed E-state index contributed by atoms with van der Waals surface area (Å²) >= 11 is 0. The third-order valence-electron chi connectivity index (χ3n) is 3.92. The zero-order valence-electron chi connectivity index (χ0n) is 9.95. The van der Waals surface area contributed by atoms with E-state index < -0.39 is 9.84 Å². The Hall–Kier alpha value is -0.0900. The first-order valence-electron chi connectivity index (χ1n) is 6.59. The third kappa shape index (κ3) is 3.74. The lowest BCUT2D eigenvalue weighted by Gasteiger charge is -2.23. The molecule has 1 aliphatic carbocycles. The molecule has 0 radical (unpaired) electrons. The van der Waals surface area contributed by atoms with Crippen molar-refractivity contribution in [2.45, 2.75) is 51.0 Å². The smallest absolute Gasteiger partial charge is 0.150 e. The van der Waals surface area contributed by atoms with Crippen LogP contribution in [0.5, 0.6) is 0 Å². The number of rotatable bonds is 4. The molecule has 0 aromatic rings. The third-order valence-corrected chi connectivity index (χ3v) is 5.75. The van der Waals surface area contributed by atoms with Crippen molar-refractivity contribution in [1.82, 2.24) is 5.32 Å². The molecule has 3 nitrogen and oxygen atoms in total. The van der Waals surface area contributed by atoms with Crippen molar-refractivity contribution in [3.05, 3.63) is 0 Å². The van der Waals surface area contributed by atoms with Gasteiger partial charge in [-0.25, -0.2) is 8.42 Å². The quantitative estimate of drug-likeness (QED) is 0.820. The minimum Gasteiger partial charge on any atom is -0.314 e. The van der Waals surface area contributed by atoms with Crippen LogP contribution in [0.2, 0.25) is 0 Å². The molecule has 1 saturated heterocycles. The lowest BCUT2D eigenvalue weighted by atomic mass is 9.95. The van der Waals surface area contributed by atoms with E-state index in [4.69, 9.17) is 0 Å². The van der Waals surface area contributed by atoms with E-state index in [-0.39, 0.29) is 0 Å². The second kappa shape index (κ2) is 5.50. The van der Waals surface area contributed by atoms with Gasteiger partial charge in [-0.2, -0.15) is 0 Å². The van der Waals surface area contributed by atoms with Crippen LogP contribution in [0.3, 0.4) is 0 Å². The number of hydrogen-bond acceptors (Lipinski definition) is 3. The van der Waals surface area contributed by atoms with E-state index in [9.17, 15) is 8.42 Å². The SMILES string of the molecule is O=S1(=O)CCC(CCNC2CCCCC2)C1. The molecule has 0 amide bonds. The predicted octanol–water partition coefficient (Wildman–Crippen LogP) is 1.73. The van der Waals surface area contributed by atoms with Gasteiger partial charge in [0.1, 0.15) is 0 Å². The van der Waals surface area contributed by atoms with Crippen LogP contribution >= 0.6 is 0 Å². The molecule has 1 heterocycles. The molecule has 2 fully saturated rings. The fourth-order valence-corrected chi connectivity index (χ4v) is 4.81. The van der Waals surface area contributed by atoms with Crippen LogP contribution < -0.4 is 5.32 Å². The van der Waals surface area contributed by atoms with Crippen LogP contribution in [-0.2, 0) is 9.84 Å². The van der Waals surface area contributed by atoms with Gasteiger partial charge in [0.15, 0.2) is 9.84 Å². The van der Waals surface area contributed by atoms with Crippen molar-refractivity contribution in [2.75, 3.05) is 18.1 Å². The summed E-state index contributed by atoms with van der Waals surface area (Å²) in [6, 6.07) is 0.701. The predicted molar refractivity (Wildman–Crippen MR) is 66.3 cm³/mol. The van der Waals surface area contributed by atoms with Gasteiger partial charge in [0.25, 0.3) is 0 Å². The second-order valence-electron chi connectivity index (χ2n) is 5.35. The zero-order chi connectivity index (χ0) is 11.4. The molecular weight excluding hydrogens is 222 g/mol. The van der Waals surface area contributed by atoms with Crippen LogP contribution in [0.15, 0.2) is 0 Å². The normalized spacial score (nSPS) is 30.6. The highest BCUT2D eigenvalue weighted by Gasteiger charge is 2.27. The van der Waals surface area contributed by atoms with E-state index in [2.05, 4.69) is 5.32 Å².